The van der Waals surface area contributed by atoms with Crippen molar-refractivity contribution in [2.24, 2.45) is 22.1 Å². The molecule has 20 heteroatoms. The van der Waals surface area contributed by atoms with Crippen molar-refractivity contribution in [3.8, 4) is 22.6 Å². The molecule has 294 valence electrons. The number of rotatable bonds is 13. The van der Waals surface area contributed by atoms with E-state index in [-0.39, 0.29) is 32.4 Å². The number of alkyl halides is 8. The molecule has 2 aromatic heterocycles. The van der Waals surface area contributed by atoms with Crippen LogP contribution in [0, 0.1) is 11.3 Å². The number of Topliss-reactive ketones (excluding diaryl/α,β-unsaturated/α-hetero) is 1. The van der Waals surface area contributed by atoms with Crippen molar-refractivity contribution < 1.29 is 44.7 Å². The molecule has 6 rings (SSSR count). The lowest BCUT2D eigenvalue weighted by atomic mass is 9.74. The zero-order valence-corrected chi connectivity index (χ0v) is 30.2. The van der Waals surface area contributed by atoms with Gasteiger partial charge in [-0.15, -0.1) is 0 Å². The fourth-order valence-corrected chi connectivity index (χ4v) is 6.69. The van der Waals surface area contributed by atoms with Crippen LogP contribution >= 0.6 is 11.6 Å². The number of amides is 1. The van der Waals surface area contributed by atoms with Crippen molar-refractivity contribution in [2.45, 2.75) is 89.4 Å². The number of ketones is 1. The second-order valence-corrected chi connectivity index (χ2v) is 14.7. The topological polar surface area (TPSA) is 137 Å². The van der Waals surface area contributed by atoms with Crippen molar-refractivity contribution in [2.75, 3.05) is 0 Å². The van der Waals surface area contributed by atoms with Gasteiger partial charge in [0.05, 0.1) is 28.7 Å². The molecule has 1 fully saturated rings. The summed E-state index contributed by atoms with van der Waals surface area (Å²) >= 11 is 6.37. The Balaban J connectivity index is 1.45. The highest BCUT2D eigenvalue weighted by molar-refractivity contribution is 6.33. The highest BCUT2D eigenvalue weighted by Crippen LogP contribution is 2.51. The average molecular weight is 800 g/mol. The summed E-state index contributed by atoms with van der Waals surface area (Å²) < 4.78 is 112. The van der Waals surface area contributed by atoms with E-state index in [4.69, 9.17) is 17.3 Å². The lowest BCUT2D eigenvalue weighted by Gasteiger charge is -2.37. The van der Waals surface area contributed by atoms with E-state index in [2.05, 4.69) is 25.3 Å². The predicted octanol–water partition coefficient (Wildman–Crippen LogP) is 8.21. The molecule has 3 heterocycles. The third-order valence-corrected chi connectivity index (χ3v) is 10.3. The molecule has 1 aliphatic carbocycles. The van der Waals surface area contributed by atoms with E-state index in [0.29, 0.717) is 18.2 Å². The number of hydrogen-bond donors (Lipinski definition) is 1. The minimum Gasteiger partial charge on any atom is -0.369 e. The quantitative estimate of drug-likeness (QED) is 0.135. The molecule has 0 saturated heterocycles. The minimum absolute atomic E-state index is 0.0148. The minimum atomic E-state index is -4.89. The fraction of sp³-hybridized carbons (Fsp3) is 0.457. The van der Waals surface area contributed by atoms with Crippen LogP contribution in [0.2, 0.25) is 5.02 Å². The molecule has 4 aromatic rings. The van der Waals surface area contributed by atoms with E-state index in [1.807, 2.05) is 0 Å². The number of aromatic nitrogens is 6. The Labute approximate surface area is 313 Å². The molecule has 0 unspecified atom stereocenters. The molecular formula is C35H34ClF8N9O2. The number of guanidine groups is 1. The Kier molecular flexibility index (Phi) is 10.3. The molecule has 2 N–H and O–H groups in total. The van der Waals surface area contributed by atoms with Gasteiger partial charge in [-0.1, -0.05) is 55.8 Å². The summed E-state index contributed by atoms with van der Waals surface area (Å²) in [7, 11) is 0. The molecule has 1 saturated carbocycles. The molecule has 1 aliphatic heterocycles. The first kappa shape index (κ1) is 39.7. The Bertz CT molecular complexity index is 2110. The summed E-state index contributed by atoms with van der Waals surface area (Å²) in [6, 6.07) is 8.43. The van der Waals surface area contributed by atoms with Crippen molar-refractivity contribution in [3.63, 3.8) is 0 Å². The number of nitrogens with two attached hydrogens (primary N) is 1. The van der Waals surface area contributed by atoms with Crippen molar-refractivity contribution in [3.05, 3.63) is 71.1 Å². The lowest BCUT2D eigenvalue weighted by molar-refractivity contribution is -0.218. The Morgan fingerprint density at radius 3 is 2.31 bits per heavy atom. The molecule has 3 atom stereocenters. The normalized spacial score (nSPS) is 19.3. The van der Waals surface area contributed by atoms with Crippen LogP contribution in [0.25, 0.3) is 22.6 Å². The summed E-state index contributed by atoms with van der Waals surface area (Å²) in [5, 5.41) is 12.1. The molecule has 1 amide bonds. The first-order valence-electron chi connectivity index (χ1n) is 17.0. The van der Waals surface area contributed by atoms with E-state index < -0.39 is 84.6 Å². The molecule has 0 radical (unpaired) electrons. The van der Waals surface area contributed by atoms with Crippen LogP contribution in [0.1, 0.15) is 82.6 Å². The van der Waals surface area contributed by atoms with Gasteiger partial charge in [0, 0.05) is 17.5 Å². The number of hydrogen-bond acceptors (Lipinski definition) is 8. The standard InChI is InChI=1S/C35H34ClF8N9O2/c1-18(34(39,40)41)27(54)13-12-26(20-6-11-24(36)23(14-20)28-46-17-48-52(28)30(37)38)51-29(55)33(49-31(51)45,16-32(2,3)35(42,43)44)21-7-4-19(5-8-21)25-15-47-53(50-25)22-9-10-22/h4-8,11,14-15,17-18,22,26,30H,9-10,12-13,16H2,1-3H3,(H2,45,49)/t18-,26-,33-/m1/s1. The van der Waals surface area contributed by atoms with Crippen molar-refractivity contribution >= 4 is 29.3 Å². The van der Waals surface area contributed by atoms with Gasteiger partial charge in [-0.25, -0.2) is 9.98 Å². The summed E-state index contributed by atoms with van der Waals surface area (Å²) in [6.07, 6.45) is -7.76. The van der Waals surface area contributed by atoms with Gasteiger partial charge in [-0.05, 0) is 55.9 Å². The van der Waals surface area contributed by atoms with E-state index in [1.54, 1.807) is 16.9 Å². The Hall–Kier alpha value is -4.94. The van der Waals surface area contributed by atoms with Crippen LogP contribution < -0.4 is 5.73 Å². The molecular weight excluding hydrogens is 766 g/mol. The van der Waals surface area contributed by atoms with Crippen LogP contribution in [-0.2, 0) is 15.1 Å². The maximum Gasteiger partial charge on any atom is 0.398 e. The van der Waals surface area contributed by atoms with E-state index in [9.17, 15) is 44.7 Å². The highest BCUT2D eigenvalue weighted by atomic mass is 35.5. The first-order valence-corrected chi connectivity index (χ1v) is 17.4. The van der Waals surface area contributed by atoms with Crippen molar-refractivity contribution in [1.29, 1.82) is 0 Å². The highest BCUT2D eigenvalue weighted by Gasteiger charge is 2.59. The molecule has 2 aliphatic rings. The number of benzene rings is 2. The van der Waals surface area contributed by atoms with Crippen LogP contribution in [0.15, 0.2) is 60.0 Å². The number of carbonyl (C=O) groups excluding carboxylic acids is 2. The Morgan fingerprint density at radius 2 is 1.71 bits per heavy atom. The van der Waals surface area contributed by atoms with Gasteiger partial charge in [0.25, 0.3) is 5.91 Å². The van der Waals surface area contributed by atoms with Crippen LogP contribution in [0.4, 0.5) is 35.1 Å². The lowest BCUT2D eigenvalue weighted by Crippen LogP contribution is -2.48. The third kappa shape index (κ3) is 7.66. The molecule has 11 nitrogen and oxygen atoms in total. The van der Waals surface area contributed by atoms with Crippen LogP contribution in [0.5, 0.6) is 0 Å². The molecule has 0 bridgehead atoms. The monoisotopic (exact) mass is 799 g/mol. The Morgan fingerprint density at radius 1 is 1.04 bits per heavy atom. The van der Waals surface area contributed by atoms with Crippen LogP contribution in [0.3, 0.4) is 0 Å². The zero-order chi connectivity index (χ0) is 40.2. The van der Waals surface area contributed by atoms with Gasteiger partial charge in [0.2, 0.25) is 0 Å². The maximum absolute atomic E-state index is 14.9. The second kappa shape index (κ2) is 14.3. The number of halogens is 9. The van der Waals surface area contributed by atoms with Gasteiger partial charge < -0.3 is 5.73 Å². The van der Waals surface area contributed by atoms with E-state index >= 15 is 0 Å². The van der Waals surface area contributed by atoms with Gasteiger partial charge in [-0.2, -0.15) is 59.9 Å². The maximum atomic E-state index is 14.9. The summed E-state index contributed by atoms with van der Waals surface area (Å²) in [5.74, 6) is -5.70. The first-order chi connectivity index (χ1) is 25.6. The van der Waals surface area contributed by atoms with E-state index in [1.165, 1.54) is 36.5 Å². The molecule has 0 spiro atoms. The van der Waals surface area contributed by atoms with Gasteiger partial charge in [0.15, 0.2) is 17.3 Å². The number of carbonyl (C=O) groups is 2. The number of nitrogens with zero attached hydrogens (tertiary/aromatic N) is 8. The SMILES string of the molecule is C[C@H](C(=O)CC[C@H](c1ccc(Cl)c(-c2ncnn2C(F)F)c1)N1C(=O)[C@@](CC(C)(C)C(F)(F)F)(c2ccc(-c3cnn(C4CC4)n3)cc2)N=C1N)C(F)(F)F. The smallest absolute Gasteiger partial charge is 0.369 e. The summed E-state index contributed by atoms with van der Waals surface area (Å²) in [5.41, 5.74) is 2.47. The van der Waals surface area contributed by atoms with Gasteiger partial charge in [-0.3, -0.25) is 14.5 Å². The fourth-order valence-electron chi connectivity index (χ4n) is 6.48. The van der Waals surface area contributed by atoms with Gasteiger partial charge in [0.1, 0.15) is 23.7 Å². The molecule has 55 heavy (non-hydrogen) atoms. The third-order valence-electron chi connectivity index (χ3n) is 9.95. The van der Waals surface area contributed by atoms with Gasteiger partial charge >= 0.3 is 18.9 Å². The number of aliphatic imine (C=N–C) groups is 1. The predicted molar refractivity (Wildman–Crippen MR) is 182 cm³/mol. The van der Waals surface area contributed by atoms with Crippen molar-refractivity contribution in [1.82, 2.24) is 34.7 Å². The summed E-state index contributed by atoms with van der Waals surface area (Å²) in [6.45, 7) is -0.710. The zero-order valence-electron chi connectivity index (χ0n) is 29.4. The average Bonchev–Trinajstić information content (AvgIpc) is 3.52. The second-order valence-electron chi connectivity index (χ2n) is 14.3. The summed E-state index contributed by atoms with van der Waals surface area (Å²) in [4.78, 5) is 38.3. The molecule has 2 aromatic carbocycles. The largest absolute Gasteiger partial charge is 0.398 e. The van der Waals surface area contributed by atoms with Crippen LogP contribution in [-0.4, -0.2) is 64.7 Å². The van der Waals surface area contributed by atoms with E-state index in [0.717, 1.165) is 37.9 Å².